The van der Waals surface area contributed by atoms with Crippen molar-refractivity contribution >= 4 is 0 Å². The molecule has 1 aliphatic heterocycles. The van der Waals surface area contributed by atoms with Gasteiger partial charge in [-0.05, 0) is 24.6 Å². The summed E-state index contributed by atoms with van der Waals surface area (Å²) in [7, 11) is 0. The molecule has 1 heterocycles. The van der Waals surface area contributed by atoms with Gasteiger partial charge in [0.25, 0.3) is 0 Å². The van der Waals surface area contributed by atoms with Crippen LogP contribution in [0.15, 0.2) is 12.1 Å². The number of alkyl halides is 3. The fourth-order valence-electron chi connectivity index (χ4n) is 1.50. The molecular weight excluding hydrogens is 209 g/mol. The van der Waals surface area contributed by atoms with Crippen LogP contribution in [0.4, 0.5) is 13.2 Å². The van der Waals surface area contributed by atoms with Crippen LogP contribution in [-0.4, -0.2) is 13.2 Å². The molecule has 1 aromatic rings. The molecule has 0 unspecified atom stereocenters. The van der Waals surface area contributed by atoms with Gasteiger partial charge in [-0.1, -0.05) is 0 Å². The SMILES string of the molecule is Cc1cc2c(cc1C(F)(F)F)OCCO2. The van der Waals surface area contributed by atoms with Crippen LogP contribution in [0.1, 0.15) is 11.1 Å². The smallest absolute Gasteiger partial charge is 0.416 e. The van der Waals surface area contributed by atoms with Crippen molar-refractivity contribution in [3.05, 3.63) is 23.3 Å². The highest BCUT2D eigenvalue weighted by Crippen LogP contribution is 2.39. The molecule has 2 rings (SSSR count). The number of aryl methyl sites for hydroxylation is 1. The lowest BCUT2D eigenvalue weighted by atomic mass is 10.1. The normalized spacial score (nSPS) is 15.2. The Bertz CT molecular complexity index is 385. The molecule has 82 valence electrons. The van der Waals surface area contributed by atoms with E-state index in [0.717, 1.165) is 6.07 Å². The summed E-state index contributed by atoms with van der Waals surface area (Å²) < 4.78 is 47.8. The first-order valence-corrected chi connectivity index (χ1v) is 4.46. The lowest BCUT2D eigenvalue weighted by molar-refractivity contribution is -0.138. The van der Waals surface area contributed by atoms with E-state index in [2.05, 4.69) is 0 Å². The van der Waals surface area contributed by atoms with Crippen LogP contribution in [0.2, 0.25) is 0 Å². The maximum absolute atomic E-state index is 12.5. The van der Waals surface area contributed by atoms with E-state index in [4.69, 9.17) is 9.47 Å². The molecule has 0 fully saturated rings. The molecule has 15 heavy (non-hydrogen) atoms. The van der Waals surface area contributed by atoms with E-state index < -0.39 is 11.7 Å². The van der Waals surface area contributed by atoms with Gasteiger partial charge in [-0.2, -0.15) is 13.2 Å². The van der Waals surface area contributed by atoms with Crippen molar-refractivity contribution in [3.63, 3.8) is 0 Å². The summed E-state index contributed by atoms with van der Waals surface area (Å²) in [5.41, 5.74) is -0.529. The number of rotatable bonds is 0. The summed E-state index contributed by atoms with van der Waals surface area (Å²) in [5.74, 6) is 0.547. The highest BCUT2D eigenvalue weighted by atomic mass is 19.4. The monoisotopic (exact) mass is 218 g/mol. The summed E-state index contributed by atoms with van der Waals surface area (Å²) in [6, 6.07) is 2.35. The lowest BCUT2D eigenvalue weighted by Crippen LogP contribution is -2.17. The first-order valence-electron chi connectivity index (χ1n) is 4.46. The Morgan fingerprint density at radius 2 is 1.60 bits per heavy atom. The number of ether oxygens (including phenoxy) is 2. The Morgan fingerprint density at radius 1 is 1.07 bits per heavy atom. The number of halogens is 3. The maximum Gasteiger partial charge on any atom is 0.416 e. The quantitative estimate of drug-likeness (QED) is 0.666. The predicted molar refractivity (Wildman–Crippen MR) is 47.2 cm³/mol. The van der Waals surface area contributed by atoms with Crippen LogP contribution < -0.4 is 9.47 Å². The van der Waals surface area contributed by atoms with Crippen molar-refractivity contribution < 1.29 is 22.6 Å². The van der Waals surface area contributed by atoms with Crippen LogP contribution in [-0.2, 0) is 6.18 Å². The van der Waals surface area contributed by atoms with Gasteiger partial charge in [-0.15, -0.1) is 0 Å². The van der Waals surface area contributed by atoms with E-state index in [1.165, 1.54) is 13.0 Å². The molecule has 0 spiro atoms. The molecular formula is C10H9F3O2. The van der Waals surface area contributed by atoms with Gasteiger partial charge in [0.2, 0.25) is 0 Å². The van der Waals surface area contributed by atoms with E-state index in [1.54, 1.807) is 0 Å². The highest BCUT2D eigenvalue weighted by molar-refractivity contribution is 5.48. The minimum atomic E-state index is -4.35. The average molecular weight is 218 g/mol. The molecule has 0 radical (unpaired) electrons. The summed E-state index contributed by atoms with van der Waals surface area (Å²) in [5, 5.41) is 0. The van der Waals surface area contributed by atoms with Crippen LogP contribution >= 0.6 is 0 Å². The van der Waals surface area contributed by atoms with E-state index in [9.17, 15) is 13.2 Å². The number of benzene rings is 1. The van der Waals surface area contributed by atoms with Crippen molar-refractivity contribution in [2.75, 3.05) is 13.2 Å². The summed E-state index contributed by atoms with van der Waals surface area (Å²) in [6.45, 7) is 2.06. The van der Waals surface area contributed by atoms with Crippen molar-refractivity contribution in [1.29, 1.82) is 0 Å². The Labute approximate surface area is 84.6 Å². The Balaban J connectivity index is 2.50. The fraction of sp³-hybridized carbons (Fsp3) is 0.400. The van der Waals surface area contributed by atoms with Gasteiger partial charge in [-0.3, -0.25) is 0 Å². The molecule has 1 aromatic carbocycles. The fourth-order valence-corrected chi connectivity index (χ4v) is 1.50. The average Bonchev–Trinajstić information content (AvgIpc) is 2.15. The second kappa shape index (κ2) is 3.32. The Morgan fingerprint density at radius 3 is 2.13 bits per heavy atom. The first kappa shape index (κ1) is 10.1. The molecule has 0 amide bonds. The highest BCUT2D eigenvalue weighted by Gasteiger charge is 2.34. The molecule has 0 aliphatic carbocycles. The molecule has 0 N–H and O–H groups in total. The number of hydrogen-bond acceptors (Lipinski definition) is 2. The Hall–Kier alpha value is -1.39. The van der Waals surface area contributed by atoms with Gasteiger partial charge in [0, 0.05) is 0 Å². The van der Waals surface area contributed by atoms with Gasteiger partial charge < -0.3 is 9.47 Å². The zero-order chi connectivity index (χ0) is 11.1. The van der Waals surface area contributed by atoms with E-state index in [0.29, 0.717) is 12.4 Å². The zero-order valence-electron chi connectivity index (χ0n) is 8.02. The third-order valence-electron chi connectivity index (χ3n) is 2.19. The summed E-state index contributed by atoms with van der Waals surface area (Å²) >= 11 is 0. The van der Waals surface area contributed by atoms with Crippen molar-refractivity contribution in [2.45, 2.75) is 13.1 Å². The van der Waals surface area contributed by atoms with Crippen molar-refractivity contribution in [3.8, 4) is 11.5 Å². The molecule has 0 atom stereocenters. The van der Waals surface area contributed by atoms with Crippen LogP contribution in [0, 0.1) is 6.92 Å². The van der Waals surface area contributed by atoms with Gasteiger partial charge in [-0.25, -0.2) is 0 Å². The van der Waals surface area contributed by atoms with E-state index in [1.807, 2.05) is 0 Å². The van der Waals surface area contributed by atoms with Gasteiger partial charge in [0.15, 0.2) is 11.5 Å². The molecule has 5 heteroatoms. The summed E-state index contributed by atoms with van der Waals surface area (Å²) in [6.07, 6.45) is -4.35. The van der Waals surface area contributed by atoms with Crippen LogP contribution in [0.3, 0.4) is 0 Å². The molecule has 2 nitrogen and oxygen atoms in total. The van der Waals surface area contributed by atoms with Crippen molar-refractivity contribution in [2.24, 2.45) is 0 Å². The minimum Gasteiger partial charge on any atom is -0.486 e. The molecule has 0 aromatic heterocycles. The van der Waals surface area contributed by atoms with Crippen molar-refractivity contribution in [1.82, 2.24) is 0 Å². The number of hydrogen-bond donors (Lipinski definition) is 0. The van der Waals surface area contributed by atoms with Crippen LogP contribution in [0.5, 0.6) is 11.5 Å². The Kier molecular flexibility index (Phi) is 2.25. The first-order chi connectivity index (χ1) is 6.98. The predicted octanol–water partition coefficient (Wildman–Crippen LogP) is 2.79. The standard InChI is InChI=1S/C10H9F3O2/c1-6-4-8-9(15-3-2-14-8)5-7(6)10(11,12)13/h4-5H,2-3H2,1H3. The lowest BCUT2D eigenvalue weighted by Gasteiger charge is -2.21. The second-order valence-electron chi connectivity index (χ2n) is 3.31. The maximum atomic E-state index is 12.5. The van der Waals surface area contributed by atoms with Gasteiger partial charge in [0.1, 0.15) is 13.2 Å². The van der Waals surface area contributed by atoms with E-state index in [-0.39, 0.29) is 17.9 Å². The van der Waals surface area contributed by atoms with Crippen LogP contribution in [0.25, 0.3) is 0 Å². The van der Waals surface area contributed by atoms with E-state index >= 15 is 0 Å². The largest absolute Gasteiger partial charge is 0.486 e. The van der Waals surface area contributed by atoms with Gasteiger partial charge in [0.05, 0.1) is 5.56 Å². The van der Waals surface area contributed by atoms with Gasteiger partial charge >= 0.3 is 6.18 Å². The molecule has 0 bridgehead atoms. The number of fused-ring (bicyclic) bond motifs is 1. The topological polar surface area (TPSA) is 18.5 Å². The molecule has 0 saturated heterocycles. The summed E-state index contributed by atoms with van der Waals surface area (Å²) in [4.78, 5) is 0. The minimum absolute atomic E-state index is 0.145. The molecule has 1 aliphatic rings. The third-order valence-corrected chi connectivity index (χ3v) is 2.19. The zero-order valence-corrected chi connectivity index (χ0v) is 8.02. The third kappa shape index (κ3) is 1.86. The second-order valence-corrected chi connectivity index (χ2v) is 3.31. The molecule has 0 saturated carbocycles.